The lowest BCUT2D eigenvalue weighted by Crippen LogP contribution is -2.48. The summed E-state index contributed by atoms with van der Waals surface area (Å²) in [4.78, 5) is 22.9. The fourth-order valence-corrected chi connectivity index (χ4v) is 2.76. The van der Waals surface area contributed by atoms with E-state index < -0.39 is 24.0 Å². The van der Waals surface area contributed by atoms with Crippen molar-refractivity contribution in [3.63, 3.8) is 0 Å². The molecule has 0 aliphatic carbocycles. The van der Waals surface area contributed by atoms with Crippen LogP contribution in [0.15, 0.2) is 40.8 Å². The SMILES string of the molecule is CC(C)C[C@H](NC(Cc1ccc(-c2ccc(Cl)cc2)o1)C(=O)O)C(=O)O. The predicted octanol–water partition coefficient (Wildman–Crippen LogP) is 3.68. The Balaban J connectivity index is 2.11. The van der Waals surface area contributed by atoms with Gasteiger partial charge in [0.1, 0.15) is 23.6 Å². The number of carboxylic acid groups (broad SMARTS) is 2. The summed E-state index contributed by atoms with van der Waals surface area (Å²) in [7, 11) is 0. The molecule has 0 radical (unpaired) electrons. The van der Waals surface area contributed by atoms with E-state index in [9.17, 15) is 19.8 Å². The molecule has 2 rings (SSSR count). The number of halogens is 1. The molecule has 3 N–H and O–H groups in total. The summed E-state index contributed by atoms with van der Waals surface area (Å²) in [5.74, 6) is -1.00. The summed E-state index contributed by atoms with van der Waals surface area (Å²) >= 11 is 5.87. The minimum atomic E-state index is -1.12. The lowest BCUT2D eigenvalue weighted by Gasteiger charge is -2.21. The third-order valence-corrected chi connectivity index (χ3v) is 4.15. The van der Waals surface area contributed by atoms with Gasteiger partial charge in [0.2, 0.25) is 0 Å². The number of aliphatic carboxylic acids is 2. The maximum absolute atomic E-state index is 11.6. The van der Waals surface area contributed by atoms with Crippen LogP contribution in [0.1, 0.15) is 26.0 Å². The van der Waals surface area contributed by atoms with Crippen LogP contribution < -0.4 is 5.32 Å². The Morgan fingerprint density at radius 3 is 2.19 bits per heavy atom. The summed E-state index contributed by atoms with van der Waals surface area (Å²) in [6, 6.07) is 8.55. The quantitative estimate of drug-likeness (QED) is 0.614. The van der Waals surface area contributed by atoms with Crippen molar-refractivity contribution in [1.29, 1.82) is 0 Å². The van der Waals surface area contributed by atoms with Gasteiger partial charge in [-0.1, -0.05) is 25.4 Å². The third-order valence-electron chi connectivity index (χ3n) is 3.90. The number of carbonyl (C=O) groups is 2. The standard InChI is InChI=1S/C19H22ClNO5/c1-11(2)9-15(18(22)23)21-16(19(24)25)10-14-7-8-17(26-14)12-3-5-13(20)6-4-12/h3-8,11,15-16,21H,9-10H2,1-2H3,(H,22,23)(H,24,25)/t15-,16?/m0/s1. The van der Waals surface area contributed by atoms with E-state index in [1.807, 2.05) is 13.8 Å². The highest BCUT2D eigenvalue weighted by molar-refractivity contribution is 6.30. The van der Waals surface area contributed by atoms with Crippen molar-refractivity contribution in [2.24, 2.45) is 5.92 Å². The van der Waals surface area contributed by atoms with Gasteiger partial charge in [-0.2, -0.15) is 0 Å². The molecule has 2 atom stereocenters. The van der Waals surface area contributed by atoms with Gasteiger partial charge in [-0.05, 0) is 48.7 Å². The van der Waals surface area contributed by atoms with E-state index >= 15 is 0 Å². The van der Waals surface area contributed by atoms with Gasteiger partial charge in [-0.25, -0.2) is 0 Å². The minimum absolute atomic E-state index is 0.0464. The molecule has 0 aliphatic heterocycles. The van der Waals surface area contributed by atoms with Crippen LogP contribution in [0.25, 0.3) is 11.3 Å². The monoisotopic (exact) mass is 379 g/mol. The zero-order chi connectivity index (χ0) is 19.3. The fourth-order valence-electron chi connectivity index (χ4n) is 2.63. The van der Waals surface area contributed by atoms with E-state index in [4.69, 9.17) is 16.0 Å². The van der Waals surface area contributed by atoms with Gasteiger partial charge in [0.05, 0.1) is 0 Å². The molecule has 26 heavy (non-hydrogen) atoms. The molecule has 0 amide bonds. The number of carboxylic acids is 2. The van der Waals surface area contributed by atoms with Crippen molar-refractivity contribution in [3.05, 3.63) is 47.2 Å². The largest absolute Gasteiger partial charge is 0.480 e. The molecule has 0 bridgehead atoms. The van der Waals surface area contributed by atoms with Crippen molar-refractivity contribution < 1.29 is 24.2 Å². The first-order valence-electron chi connectivity index (χ1n) is 8.32. The van der Waals surface area contributed by atoms with Crippen molar-refractivity contribution in [3.8, 4) is 11.3 Å². The molecule has 0 fully saturated rings. The smallest absolute Gasteiger partial charge is 0.321 e. The zero-order valence-electron chi connectivity index (χ0n) is 14.6. The van der Waals surface area contributed by atoms with Gasteiger partial charge < -0.3 is 14.6 Å². The molecule has 1 unspecified atom stereocenters. The van der Waals surface area contributed by atoms with Crippen LogP contribution in [0.2, 0.25) is 5.02 Å². The summed E-state index contributed by atoms with van der Waals surface area (Å²) in [5.41, 5.74) is 0.823. The lowest BCUT2D eigenvalue weighted by molar-refractivity contribution is -0.143. The molecule has 1 heterocycles. The maximum Gasteiger partial charge on any atom is 0.321 e. The van der Waals surface area contributed by atoms with Crippen molar-refractivity contribution in [1.82, 2.24) is 5.32 Å². The summed E-state index contributed by atoms with van der Waals surface area (Å²) < 4.78 is 5.72. The van der Waals surface area contributed by atoms with Crippen LogP contribution in [0.5, 0.6) is 0 Å². The van der Waals surface area contributed by atoms with E-state index in [0.29, 0.717) is 23.0 Å². The number of nitrogens with one attached hydrogen (secondary N) is 1. The van der Waals surface area contributed by atoms with Crippen LogP contribution in [-0.4, -0.2) is 34.2 Å². The van der Waals surface area contributed by atoms with Crippen LogP contribution in [0, 0.1) is 5.92 Å². The molecule has 0 spiro atoms. The molecule has 6 nitrogen and oxygen atoms in total. The minimum Gasteiger partial charge on any atom is -0.480 e. The molecule has 1 aromatic heterocycles. The molecule has 0 saturated carbocycles. The van der Waals surface area contributed by atoms with Crippen LogP contribution in [0.4, 0.5) is 0 Å². The zero-order valence-corrected chi connectivity index (χ0v) is 15.4. The second kappa shape index (κ2) is 8.87. The first-order valence-corrected chi connectivity index (χ1v) is 8.70. The Hall–Kier alpha value is -2.31. The Bertz CT molecular complexity index is 754. The number of rotatable bonds is 9. The summed E-state index contributed by atoms with van der Waals surface area (Å²) in [6.07, 6.45) is 0.387. The van der Waals surface area contributed by atoms with Crippen LogP contribution in [-0.2, 0) is 16.0 Å². The maximum atomic E-state index is 11.6. The fraction of sp³-hybridized carbons (Fsp3) is 0.368. The number of hydrogen-bond donors (Lipinski definition) is 3. The summed E-state index contributed by atoms with van der Waals surface area (Å²) in [6.45, 7) is 3.77. The Morgan fingerprint density at radius 1 is 1.04 bits per heavy atom. The average Bonchev–Trinajstić information content (AvgIpc) is 3.02. The van der Waals surface area contributed by atoms with E-state index in [2.05, 4.69) is 5.32 Å². The van der Waals surface area contributed by atoms with Gasteiger partial charge >= 0.3 is 11.9 Å². The number of benzene rings is 1. The highest BCUT2D eigenvalue weighted by Crippen LogP contribution is 2.24. The number of furan rings is 1. The van der Waals surface area contributed by atoms with Gasteiger partial charge in [-0.15, -0.1) is 0 Å². The lowest BCUT2D eigenvalue weighted by atomic mass is 10.0. The Labute approximate surface area is 156 Å². The molecule has 0 saturated heterocycles. The first-order chi connectivity index (χ1) is 12.3. The van der Waals surface area contributed by atoms with Gasteiger partial charge in [-0.3, -0.25) is 14.9 Å². The van der Waals surface area contributed by atoms with Gasteiger partial charge in [0.25, 0.3) is 0 Å². The molecular weight excluding hydrogens is 358 g/mol. The molecule has 0 aliphatic rings. The summed E-state index contributed by atoms with van der Waals surface area (Å²) in [5, 5.41) is 22.1. The van der Waals surface area contributed by atoms with Crippen molar-refractivity contribution in [2.45, 2.75) is 38.8 Å². The second-order valence-corrected chi connectivity index (χ2v) is 6.99. The van der Waals surface area contributed by atoms with Gasteiger partial charge in [0.15, 0.2) is 0 Å². The van der Waals surface area contributed by atoms with E-state index in [-0.39, 0.29) is 12.3 Å². The molecule has 7 heteroatoms. The van der Waals surface area contributed by atoms with E-state index in [1.54, 1.807) is 36.4 Å². The van der Waals surface area contributed by atoms with Crippen LogP contribution >= 0.6 is 11.6 Å². The topological polar surface area (TPSA) is 99.8 Å². The second-order valence-electron chi connectivity index (χ2n) is 6.55. The predicted molar refractivity (Wildman–Crippen MR) is 98.3 cm³/mol. The number of hydrogen-bond acceptors (Lipinski definition) is 4. The van der Waals surface area contributed by atoms with E-state index in [0.717, 1.165) is 5.56 Å². The highest BCUT2D eigenvalue weighted by atomic mass is 35.5. The normalized spacial score (nSPS) is 13.5. The first kappa shape index (κ1) is 20.0. The molecular formula is C19H22ClNO5. The molecule has 140 valence electrons. The van der Waals surface area contributed by atoms with Crippen LogP contribution in [0.3, 0.4) is 0 Å². The Morgan fingerprint density at radius 2 is 1.65 bits per heavy atom. The van der Waals surface area contributed by atoms with E-state index in [1.165, 1.54) is 0 Å². The van der Waals surface area contributed by atoms with Crippen molar-refractivity contribution >= 4 is 23.5 Å². The Kier molecular flexibility index (Phi) is 6.83. The average molecular weight is 380 g/mol. The third kappa shape index (κ3) is 5.61. The van der Waals surface area contributed by atoms with Gasteiger partial charge in [0, 0.05) is 17.0 Å². The molecule has 1 aromatic carbocycles. The molecule has 2 aromatic rings. The highest BCUT2D eigenvalue weighted by Gasteiger charge is 2.27. The van der Waals surface area contributed by atoms with Crippen molar-refractivity contribution in [2.75, 3.05) is 0 Å².